The van der Waals surface area contributed by atoms with Gasteiger partial charge in [0.05, 0.1) is 0 Å². The zero-order valence-electron chi connectivity index (χ0n) is 9.73. The number of carbonyl (C=O) groups is 1. The molecule has 0 aromatic carbocycles. The quantitative estimate of drug-likeness (QED) is 0.424. The molecular formula is C12H18N2O2. The summed E-state index contributed by atoms with van der Waals surface area (Å²) in [5.41, 5.74) is 1.67. The molecule has 0 aromatic rings. The molecule has 0 saturated heterocycles. The summed E-state index contributed by atoms with van der Waals surface area (Å²) in [5.74, 6) is 0.185. The molecule has 0 atom stereocenters. The van der Waals surface area contributed by atoms with Crippen LogP contribution in [0.15, 0.2) is 40.6 Å². The van der Waals surface area contributed by atoms with Gasteiger partial charge >= 0.3 is 0 Å². The minimum atomic E-state index is 0.185. The van der Waals surface area contributed by atoms with Crippen molar-refractivity contribution < 1.29 is 10.0 Å². The normalized spacial score (nSPS) is 14.2. The topological polar surface area (TPSA) is 61.7 Å². The van der Waals surface area contributed by atoms with Gasteiger partial charge in [0.15, 0.2) is 5.78 Å². The van der Waals surface area contributed by atoms with Crippen LogP contribution in [0.5, 0.6) is 0 Å². The van der Waals surface area contributed by atoms with E-state index in [2.05, 4.69) is 31.0 Å². The SMILES string of the molecule is C=NO.CCNCC.O=C1C2=CC=C1C=C2. The van der Waals surface area contributed by atoms with E-state index in [0.29, 0.717) is 0 Å². The molecule has 2 aliphatic rings. The maximum atomic E-state index is 10.8. The molecule has 2 bridgehead atoms. The van der Waals surface area contributed by atoms with Crippen LogP contribution >= 0.6 is 0 Å². The standard InChI is InChI=1S/C7H4O.C4H11N.CH3NO/c8-7-5-1-2-6(7)4-3-5;1-3-5-4-2;1-2-3/h1-4H;5H,3-4H2,1-2H3;3H,1H2. The van der Waals surface area contributed by atoms with Crippen molar-refractivity contribution in [1.29, 1.82) is 0 Å². The summed E-state index contributed by atoms with van der Waals surface area (Å²) in [4.78, 5) is 10.8. The Morgan fingerprint density at radius 1 is 1.25 bits per heavy atom. The second kappa shape index (κ2) is 8.61. The van der Waals surface area contributed by atoms with Gasteiger partial charge in [-0.05, 0) is 13.1 Å². The number of hydrogen-bond acceptors (Lipinski definition) is 4. The Hall–Kier alpha value is -1.68. The highest BCUT2D eigenvalue weighted by Gasteiger charge is 2.19. The van der Waals surface area contributed by atoms with Crippen molar-refractivity contribution in [1.82, 2.24) is 5.32 Å². The number of hydrogen-bond donors (Lipinski definition) is 2. The van der Waals surface area contributed by atoms with Crippen LogP contribution in [0, 0.1) is 0 Å². The monoisotopic (exact) mass is 222 g/mol. The number of rotatable bonds is 2. The Bertz CT molecular complexity index is 302. The first-order chi connectivity index (χ1) is 7.71. The van der Waals surface area contributed by atoms with E-state index in [1.165, 1.54) is 0 Å². The molecule has 0 saturated carbocycles. The molecule has 0 amide bonds. The average molecular weight is 222 g/mol. The summed E-state index contributed by atoms with van der Waals surface area (Å²) in [7, 11) is 0. The fraction of sp³-hybridized carbons (Fsp3) is 0.333. The fourth-order valence-corrected chi connectivity index (χ4v) is 1.19. The van der Waals surface area contributed by atoms with Crippen LogP contribution in [0.4, 0.5) is 0 Å². The molecule has 0 aliphatic heterocycles. The van der Waals surface area contributed by atoms with Crippen LogP contribution < -0.4 is 5.32 Å². The fourth-order valence-electron chi connectivity index (χ4n) is 1.19. The van der Waals surface area contributed by atoms with Crippen LogP contribution in [-0.4, -0.2) is 30.8 Å². The molecule has 0 aromatic heterocycles. The summed E-state index contributed by atoms with van der Waals surface area (Å²) in [6.45, 7) is 9.06. The number of ketones is 1. The predicted molar refractivity (Wildman–Crippen MR) is 65.9 cm³/mol. The molecule has 2 aliphatic carbocycles. The van der Waals surface area contributed by atoms with Gasteiger partial charge in [0.1, 0.15) is 0 Å². The molecule has 0 spiro atoms. The van der Waals surface area contributed by atoms with Crippen molar-refractivity contribution in [2.45, 2.75) is 13.8 Å². The van der Waals surface area contributed by atoms with Crippen LogP contribution in [-0.2, 0) is 4.79 Å². The lowest BCUT2D eigenvalue weighted by Gasteiger charge is -1.86. The van der Waals surface area contributed by atoms with Crippen LogP contribution in [0.1, 0.15) is 13.8 Å². The lowest BCUT2D eigenvalue weighted by Crippen LogP contribution is -2.09. The van der Waals surface area contributed by atoms with E-state index in [1.54, 1.807) is 0 Å². The number of Topliss-reactive ketones (excluding diaryl/α,β-unsaturated/α-hetero) is 1. The van der Waals surface area contributed by atoms with Crippen LogP contribution in [0.3, 0.4) is 0 Å². The Morgan fingerprint density at radius 3 is 1.69 bits per heavy atom. The molecule has 4 heteroatoms. The number of nitrogens with one attached hydrogen (secondary N) is 1. The second-order valence-corrected chi connectivity index (χ2v) is 3.01. The van der Waals surface area contributed by atoms with Crippen molar-refractivity contribution in [2.24, 2.45) is 5.16 Å². The first-order valence-electron chi connectivity index (χ1n) is 5.16. The van der Waals surface area contributed by atoms with Crippen molar-refractivity contribution >= 4 is 12.5 Å². The Balaban J connectivity index is 0.000000246. The number of carbonyl (C=O) groups excluding carboxylic acids is 1. The first kappa shape index (κ1) is 14.3. The Labute approximate surface area is 96.0 Å². The summed E-state index contributed by atoms with van der Waals surface area (Å²) in [6.07, 6.45) is 7.38. The van der Waals surface area contributed by atoms with Gasteiger partial charge in [-0.1, -0.05) is 38.2 Å². The molecule has 0 radical (unpaired) electrons. The van der Waals surface area contributed by atoms with Crippen molar-refractivity contribution in [2.75, 3.05) is 13.1 Å². The van der Waals surface area contributed by atoms with Crippen molar-refractivity contribution in [3.8, 4) is 0 Å². The van der Waals surface area contributed by atoms with Gasteiger partial charge in [-0.15, -0.1) is 5.16 Å². The van der Waals surface area contributed by atoms with E-state index < -0.39 is 0 Å². The summed E-state index contributed by atoms with van der Waals surface area (Å²) >= 11 is 0. The van der Waals surface area contributed by atoms with Gasteiger partial charge in [0, 0.05) is 17.9 Å². The van der Waals surface area contributed by atoms with Crippen LogP contribution in [0.2, 0.25) is 0 Å². The summed E-state index contributed by atoms with van der Waals surface area (Å²) < 4.78 is 0. The van der Waals surface area contributed by atoms with Crippen molar-refractivity contribution in [3.63, 3.8) is 0 Å². The zero-order valence-corrected chi connectivity index (χ0v) is 9.73. The summed E-state index contributed by atoms with van der Waals surface area (Å²) in [5, 5.41) is 12.4. The molecular weight excluding hydrogens is 204 g/mol. The molecule has 88 valence electrons. The third kappa shape index (κ3) is 4.70. The van der Waals surface area contributed by atoms with Gasteiger partial charge in [-0.3, -0.25) is 4.79 Å². The number of allylic oxidation sites excluding steroid dienone is 6. The van der Waals surface area contributed by atoms with E-state index in [0.717, 1.165) is 24.2 Å². The van der Waals surface area contributed by atoms with Gasteiger partial charge in [0.25, 0.3) is 0 Å². The first-order valence-corrected chi connectivity index (χ1v) is 5.16. The molecule has 0 unspecified atom stereocenters. The van der Waals surface area contributed by atoms with E-state index in [-0.39, 0.29) is 5.78 Å². The number of nitrogens with zero attached hydrogens (tertiary/aromatic N) is 1. The van der Waals surface area contributed by atoms with E-state index in [9.17, 15) is 4.79 Å². The van der Waals surface area contributed by atoms with E-state index in [1.807, 2.05) is 24.3 Å². The minimum absolute atomic E-state index is 0.185. The molecule has 4 nitrogen and oxygen atoms in total. The number of oxime groups is 1. The predicted octanol–water partition coefficient (Wildman–Crippen LogP) is 1.68. The van der Waals surface area contributed by atoms with E-state index in [4.69, 9.17) is 5.21 Å². The Kier molecular flexibility index (Phi) is 7.71. The molecule has 2 N–H and O–H groups in total. The highest BCUT2D eigenvalue weighted by molar-refractivity contribution is 6.17. The van der Waals surface area contributed by atoms with Crippen molar-refractivity contribution in [3.05, 3.63) is 35.5 Å². The average Bonchev–Trinajstić information content (AvgIpc) is 2.80. The minimum Gasteiger partial charge on any atom is -0.411 e. The van der Waals surface area contributed by atoms with Crippen LogP contribution in [0.25, 0.3) is 0 Å². The van der Waals surface area contributed by atoms with Gasteiger partial charge in [0.2, 0.25) is 0 Å². The molecule has 0 heterocycles. The molecule has 0 fully saturated rings. The smallest absolute Gasteiger partial charge is 0.193 e. The zero-order chi connectivity index (χ0) is 12.4. The lowest BCUT2D eigenvalue weighted by atomic mass is 10.2. The largest absolute Gasteiger partial charge is 0.411 e. The maximum Gasteiger partial charge on any atom is 0.193 e. The highest BCUT2D eigenvalue weighted by Crippen LogP contribution is 2.23. The second-order valence-electron chi connectivity index (χ2n) is 3.01. The van der Waals surface area contributed by atoms with Gasteiger partial charge in [-0.25, -0.2) is 0 Å². The lowest BCUT2D eigenvalue weighted by molar-refractivity contribution is -0.111. The number of fused-ring (bicyclic) bond motifs is 2. The molecule has 16 heavy (non-hydrogen) atoms. The van der Waals surface area contributed by atoms with Gasteiger partial charge < -0.3 is 10.5 Å². The molecule has 2 rings (SSSR count). The highest BCUT2D eigenvalue weighted by atomic mass is 16.4. The third-order valence-electron chi connectivity index (χ3n) is 1.91. The Morgan fingerprint density at radius 2 is 1.62 bits per heavy atom. The third-order valence-corrected chi connectivity index (χ3v) is 1.91. The van der Waals surface area contributed by atoms with E-state index >= 15 is 0 Å². The maximum absolute atomic E-state index is 10.8. The summed E-state index contributed by atoms with van der Waals surface area (Å²) in [6, 6.07) is 0. The van der Waals surface area contributed by atoms with Gasteiger partial charge in [-0.2, -0.15) is 0 Å².